The SMILES string of the molecule is CC(C)(C)NC(=O)COc1ccc(C2SCCS2)cc1. The van der Waals surface area contributed by atoms with Crippen LogP contribution in [-0.4, -0.2) is 29.6 Å². The van der Waals surface area contributed by atoms with Crippen molar-refractivity contribution in [2.75, 3.05) is 18.1 Å². The maximum absolute atomic E-state index is 11.7. The fourth-order valence-electron chi connectivity index (χ4n) is 1.88. The van der Waals surface area contributed by atoms with Gasteiger partial charge in [-0.05, 0) is 38.5 Å². The first-order valence-corrected chi connectivity index (χ1v) is 8.81. The van der Waals surface area contributed by atoms with Crippen molar-refractivity contribution >= 4 is 29.4 Å². The van der Waals surface area contributed by atoms with E-state index >= 15 is 0 Å². The maximum Gasteiger partial charge on any atom is 0.258 e. The fourth-order valence-corrected chi connectivity index (χ4v) is 4.73. The largest absolute Gasteiger partial charge is 0.484 e. The van der Waals surface area contributed by atoms with Crippen LogP contribution in [0, 0.1) is 0 Å². The van der Waals surface area contributed by atoms with E-state index in [1.807, 2.05) is 56.4 Å². The molecule has 0 saturated carbocycles. The second-order valence-electron chi connectivity index (χ2n) is 5.73. The van der Waals surface area contributed by atoms with Crippen molar-refractivity contribution in [3.05, 3.63) is 29.8 Å². The first kappa shape index (κ1) is 15.6. The average molecular weight is 311 g/mol. The summed E-state index contributed by atoms with van der Waals surface area (Å²) in [7, 11) is 0. The van der Waals surface area contributed by atoms with Crippen molar-refractivity contribution in [3.8, 4) is 5.75 Å². The quantitative estimate of drug-likeness (QED) is 0.924. The number of ether oxygens (including phenoxy) is 1. The number of hydrogen-bond acceptors (Lipinski definition) is 4. The van der Waals surface area contributed by atoms with Crippen LogP contribution in [0.5, 0.6) is 5.75 Å². The van der Waals surface area contributed by atoms with Gasteiger partial charge < -0.3 is 10.1 Å². The third-order valence-electron chi connectivity index (χ3n) is 2.66. The Labute approximate surface area is 129 Å². The smallest absolute Gasteiger partial charge is 0.258 e. The van der Waals surface area contributed by atoms with E-state index in [2.05, 4.69) is 17.4 Å². The minimum absolute atomic E-state index is 0.0591. The molecule has 110 valence electrons. The van der Waals surface area contributed by atoms with Crippen molar-refractivity contribution in [2.45, 2.75) is 30.9 Å². The molecule has 1 aliphatic heterocycles. The lowest BCUT2D eigenvalue weighted by atomic mass is 10.1. The summed E-state index contributed by atoms with van der Waals surface area (Å²) < 4.78 is 6.05. The highest BCUT2D eigenvalue weighted by Crippen LogP contribution is 2.45. The Balaban J connectivity index is 1.83. The second kappa shape index (κ2) is 6.76. The molecule has 1 amide bonds. The molecule has 0 unspecified atom stereocenters. The van der Waals surface area contributed by atoms with Crippen LogP contribution in [-0.2, 0) is 4.79 Å². The minimum Gasteiger partial charge on any atom is -0.484 e. The molecule has 0 aliphatic carbocycles. The highest BCUT2D eigenvalue weighted by atomic mass is 32.2. The van der Waals surface area contributed by atoms with Gasteiger partial charge in [0.15, 0.2) is 6.61 Å². The van der Waals surface area contributed by atoms with E-state index in [4.69, 9.17) is 4.74 Å². The number of thioether (sulfide) groups is 2. The third-order valence-corrected chi connectivity index (χ3v) is 5.76. The molecule has 2 rings (SSSR count). The van der Waals surface area contributed by atoms with E-state index in [0.717, 1.165) is 5.75 Å². The molecule has 5 heteroatoms. The number of nitrogens with one attached hydrogen (secondary N) is 1. The van der Waals surface area contributed by atoms with E-state index < -0.39 is 0 Å². The molecular weight excluding hydrogens is 290 g/mol. The highest BCUT2D eigenvalue weighted by molar-refractivity contribution is 8.19. The van der Waals surface area contributed by atoms with Gasteiger partial charge in [0.05, 0.1) is 4.58 Å². The molecular formula is C15H21NO2S2. The van der Waals surface area contributed by atoms with Gasteiger partial charge in [-0.25, -0.2) is 0 Å². The zero-order valence-corrected chi connectivity index (χ0v) is 13.8. The van der Waals surface area contributed by atoms with Crippen LogP contribution in [0.2, 0.25) is 0 Å². The normalized spacial score (nSPS) is 16.1. The van der Waals surface area contributed by atoms with E-state index in [9.17, 15) is 4.79 Å². The summed E-state index contributed by atoms with van der Waals surface area (Å²) in [5.41, 5.74) is 1.10. The Kier molecular flexibility index (Phi) is 5.27. The van der Waals surface area contributed by atoms with Crippen molar-refractivity contribution in [2.24, 2.45) is 0 Å². The molecule has 1 aromatic carbocycles. The predicted octanol–water partition coefficient (Wildman–Crippen LogP) is 3.46. The molecule has 1 N–H and O–H groups in total. The molecule has 20 heavy (non-hydrogen) atoms. The first-order valence-electron chi connectivity index (χ1n) is 6.71. The van der Waals surface area contributed by atoms with Gasteiger partial charge in [-0.15, -0.1) is 23.5 Å². The van der Waals surface area contributed by atoms with E-state index in [1.165, 1.54) is 17.1 Å². The zero-order chi connectivity index (χ0) is 14.6. The van der Waals surface area contributed by atoms with E-state index in [-0.39, 0.29) is 18.1 Å². The van der Waals surface area contributed by atoms with Gasteiger partial charge in [0.2, 0.25) is 0 Å². The summed E-state index contributed by atoms with van der Waals surface area (Å²) in [6, 6.07) is 8.07. The number of carbonyl (C=O) groups is 1. The summed E-state index contributed by atoms with van der Waals surface area (Å²) in [6.07, 6.45) is 0. The van der Waals surface area contributed by atoms with Crippen LogP contribution >= 0.6 is 23.5 Å². The summed E-state index contributed by atoms with van der Waals surface area (Å²) in [6.45, 7) is 5.92. The molecule has 1 saturated heterocycles. The second-order valence-corrected chi connectivity index (χ2v) is 8.45. The van der Waals surface area contributed by atoms with Crippen molar-refractivity contribution in [1.29, 1.82) is 0 Å². The number of hydrogen-bond donors (Lipinski definition) is 1. The van der Waals surface area contributed by atoms with Crippen LogP contribution in [0.15, 0.2) is 24.3 Å². The molecule has 1 fully saturated rings. The van der Waals surface area contributed by atoms with Gasteiger partial charge in [0.1, 0.15) is 5.75 Å². The maximum atomic E-state index is 11.7. The van der Waals surface area contributed by atoms with Gasteiger partial charge >= 0.3 is 0 Å². The highest BCUT2D eigenvalue weighted by Gasteiger charge is 2.18. The van der Waals surface area contributed by atoms with Gasteiger partial charge in [-0.3, -0.25) is 4.79 Å². The van der Waals surface area contributed by atoms with Crippen molar-refractivity contribution < 1.29 is 9.53 Å². The zero-order valence-electron chi connectivity index (χ0n) is 12.1. The number of rotatable bonds is 4. The lowest BCUT2D eigenvalue weighted by Gasteiger charge is -2.20. The molecule has 1 heterocycles. The van der Waals surface area contributed by atoms with Gasteiger partial charge in [0.25, 0.3) is 5.91 Å². The van der Waals surface area contributed by atoms with E-state index in [0.29, 0.717) is 4.58 Å². The minimum atomic E-state index is -0.221. The van der Waals surface area contributed by atoms with Crippen LogP contribution in [0.25, 0.3) is 0 Å². The Hall–Kier alpha value is -0.810. The lowest BCUT2D eigenvalue weighted by Crippen LogP contribution is -2.43. The lowest BCUT2D eigenvalue weighted by molar-refractivity contribution is -0.124. The van der Waals surface area contributed by atoms with Crippen molar-refractivity contribution in [3.63, 3.8) is 0 Å². The summed E-state index contributed by atoms with van der Waals surface area (Å²) >= 11 is 3.97. The summed E-state index contributed by atoms with van der Waals surface area (Å²) in [4.78, 5) is 11.7. The Bertz CT molecular complexity index is 448. The number of carbonyl (C=O) groups excluding carboxylic acids is 1. The van der Waals surface area contributed by atoms with Crippen LogP contribution in [0.4, 0.5) is 0 Å². The summed E-state index contributed by atoms with van der Waals surface area (Å²) in [5.74, 6) is 3.09. The summed E-state index contributed by atoms with van der Waals surface area (Å²) in [5, 5.41) is 2.87. The molecule has 0 spiro atoms. The molecule has 1 aliphatic rings. The van der Waals surface area contributed by atoms with Gasteiger partial charge in [-0.1, -0.05) is 12.1 Å². The van der Waals surface area contributed by atoms with E-state index in [1.54, 1.807) is 0 Å². The monoisotopic (exact) mass is 311 g/mol. The van der Waals surface area contributed by atoms with Crippen LogP contribution in [0.1, 0.15) is 30.9 Å². The van der Waals surface area contributed by atoms with Crippen molar-refractivity contribution in [1.82, 2.24) is 5.32 Å². The molecule has 0 aromatic heterocycles. The Morgan fingerprint density at radius 2 is 1.85 bits per heavy atom. The van der Waals surface area contributed by atoms with Crippen LogP contribution in [0.3, 0.4) is 0 Å². The average Bonchev–Trinajstić information content (AvgIpc) is 2.89. The van der Waals surface area contributed by atoms with Crippen LogP contribution < -0.4 is 10.1 Å². The standard InChI is InChI=1S/C15H21NO2S2/c1-15(2,3)16-13(17)10-18-12-6-4-11(5-7-12)14-19-8-9-20-14/h4-7,14H,8-10H2,1-3H3,(H,16,17). The molecule has 0 radical (unpaired) electrons. The predicted molar refractivity (Wildman–Crippen MR) is 87.5 cm³/mol. The number of benzene rings is 1. The topological polar surface area (TPSA) is 38.3 Å². The Morgan fingerprint density at radius 1 is 1.25 bits per heavy atom. The Morgan fingerprint density at radius 3 is 2.40 bits per heavy atom. The molecule has 3 nitrogen and oxygen atoms in total. The third kappa shape index (κ3) is 4.94. The molecule has 1 aromatic rings. The number of amides is 1. The van der Waals surface area contributed by atoms with Gasteiger partial charge in [-0.2, -0.15) is 0 Å². The molecule has 0 bridgehead atoms. The fraction of sp³-hybridized carbons (Fsp3) is 0.533. The van der Waals surface area contributed by atoms with Gasteiger partial charge in [0, 0.05) is 17.0 Å². The first-order chi connectivity index (χ1) is 9.44. The molecule has 0 atom stereocenters.